The topological polar surface area (TPSA) is 25.2 Å². The van der Waals surface area contributed by atoms with Crippen LogP contribution in [0.2, 0.25) is 0 Å². The summed E-state index contributed by atoms with van der Waals surface area (Å²) in [5.74, 6) is 4.33. The van der Waals surface area contributed by atoms with Crippen molar-refractivity contribution in [2.24, 2.45) is 5.92 Å². The number of nitrogens with one attached hydrogen (secondary N) is 1. The maximum atomic E-state index is 6.08. The van der Waals surface area contributed by atoms with Gasteiger partial charge < -0.3 is 9.73 Å². The van der Waals surface area contributed by atoms with Gasteiger partial charge in [0.05, 0.1) is 6.04 Å². The molecule has 0 radical (unpaired) electrons. The van der Waals surface area contributed by atoms with Gasteiger partial charge in [-0.15, -0.1) is 0 Å². The van der Waals surface area contributed by atoms with E-state index in [9.17, 15) is 0 Å². The summed E-state index contributed by atoms with van der Waals surface area (Å²) in [5.41, 5.74) is 2.30. The van der Waals surface area contributed by atoms with E-state index in [1.807, 2.05) is 0 Å². The Bertz CT molecular complexity index is 557. The van der Waals surface area contributed by atoms with Crippen molar-refractivity contribution in [2.45, 2.75) is 26.3 Å². The molecule has 1 aliphatic rings. The van der Waals surface area contributed by atoms with Crippen LogP contribution in [0, 0.1) is 12.8 Å². The molecule has 3 heteroatoms. The van der Waals surface area contributed by atoms with Crippen LogP contribution < -0.4 is 5.32 Å². The molecule has 0 aliphatic carbocycles. The number of furan rings is 1. The Labute approximate surface area is 118 Å². The van der Waals surface area contributed by atoms with E-state index in [1.165, 1.54) is 28.9 Å². The van der Waals surface area contributed by atoms with E-state index in [0.717, 1.165) is 17.9 Å². The van der Waals surface area contributed by atoms with Crippen LogP contribution in [0.15, 0.2) is 28.7 Å². The zero-order valence-corrected chi connectivity index (χ0v) is 12.4. The first-order valence-electron chi connectivity index (χ1n) is 7.09. The molecular weight excluding hydrogens is 254 g/mol. The molecule has 1 aromatic heterocycles. The number of hydrogen-bond acceptors (Lipinski definition) is 3. The van der Waals surface area contributed by atoms with Gasteiger partial charge in [0, 0.05) is 5.39 Å². The van der Waals surface area contributed by atoms with Crippen LogP contribution in [0.25, 0.3) is 11.0 Å². The molecule has 2 atom stereocenters. The summed E-state index contributed by atoms with van der Waals surface area (Å²) < 4.78 is 6.08. The van der Waals surface area contributed by atoms with Gasteiger partial charge in [-0.3, -0.25) is 0 Å². The van der Waals surface area contributed by atoms with Gasteiger partial charge in [-0.25, -0.2) is 0 Å². The molecule has 0 saturated carbocycles. The van der Waals surface area contributed by atoms with Crippen molar-refractivity contribution in [1.82, 2.24) is 5.32 Å². The van der Waals surface area contributed by atoms with Crippen molar-refractivity contribution >= 4 is 22.7 Å². The van der Waals surface area contributed by atoms with E-state index >= 15 is 0 Å². The highest BCUT2D eigenvalue weighted by atomic mass is 32.2. The molecule has 0 amide bonds. The lowest BCUT2D eigenvalue weighted by Gasteiger charge is -2.21. The van der Waals surface area contributed by atoms with Crippen LogP contribution >= 0.6 is 11.8 Å². The number of thioether (sulfide) groups is 1. The van der Waals surface area contributed by atoms with Crippen LogP contribution in [0.1, 0.15) is 30.7 Å². The molecule has 2 heterocycles. The molecule has 0 bridgehead atoms. The van der Waals surface area contributed by atoms with Crippen molar-refractivity contribution in [1.29, 1.82) is 0 Å². The predicted octanol–water partition coefficient (Wildman–Crippen LogP) is 4.14. The van der Waals surface area contributed by atoms with E-state index in [1.54, 1.807) is 0 Å². The highest BCUT2D eigenvalue weighted by molar-refractivity contribution is 7.99. The maximum Gasteiger partial charge on any atom is 0.134 e. The number of aryl methyl sites for hydroxylation is 1. The minimum Gasteiger partial charge on any atom is -0.459 e. The van der Waals surface area contributed by atoms with Gasteiger partial charge in [0.1, 0.15) is 11.3 Å². The van der Waals surface area contributed by atoms with Crippen LogP contribution in [0.4, 0.5) is 0 Å². The van der Waals surface area contributed by atoms with Crippen molar-refractivity contribution in [3.8, 4) is 0 Å². The summed E-state index contributed by atoms with van der Waals surface area (Å²) >= 11 is 2.06. The van der Waals surface area contributed by atoms with Crippen molar-refractivity contribution in [3.63, 3.8) is 0 Å². The smallest absolute Gasteiger partial charge is 0.134 e. The summed E-state index contributed by atoms with van der Waals surface area (Å²) in [4.78, 5) is 0. The largest absolute Gasteiger partial charge is 0.459 e. The van der Waals surface area contributed by atoms with Gasteiger partial charge in [-0.1, -0.05) is 18.6 Å². The fourth-order valence-electron chi connectivity index (χ4n) is 2.87. The fourth-order valence-corrected chi connectivity index (χ4v) is 4.17. The first-order chi connectivity index (χ1) is 9.28. The highest BCUT2D eigenvalue weighted by Gasteiger charge is 2.28. The summed E-state index contributed by atoms with van der Waals surface area (Å²) in [6, 6.07) is 8.99. The first-order valence-corrected chi connectivity index (χ1v) is 8.24. The minimum atomic E-state index is 0.368. The van der Waals surface area contributed by atoms with Crippen molar-refractivity contribution in [3.05, 3.63) is 35.6 Å². The van der Waals surface area contributed by atoms with Crippen LogP contribution in [-0.4, -0.2) is 18.1 Å². The molecule has 1 N–H and O–H groups in total. The van der Waals surface area contributed by atoms with E-state index in [0.29, 0.717) is 12.0 Å². The Morgan fingerprint density at radius 2 is 2.32 bits per heavy atom. The van der Waals surface area contributed by atoms with Gasteiger partial charge in [-0.2, -0.15) is 11.8 Å². The molecular formula is C16H21NOS. The van der Waals surface area contributed by atoms with E-state index in [4.69, 9.17) is 4.42 Å². The molecule has 3 rings (SSSR count). The van der Waals surface area contributed by atoms with E-state index in [-0.39, 0.29) is 0 Å². The molecule has 2 nitrogen and oxygen atoms in total. The normalized spacial score (nSPS) is 21.1. The Hall–Kier alpha value is -0.930. The molecule has 1 aliphatic heterocycles. The Balaban J connectivity index is 1.94. The number of rotatable bonds is 4. The summed E-state index contributed by atoms with van der Waals surface area (Å²) in [6.45, 7) is 5.28. The Kier molecular flexibility index (Phi) is 3.85. The lowest BCUT2D eigenvalue weighted by atomic mass is 9.97. The molecule has 2 unspecified atom stereocenters. The molecule has 1 fully saturated rings. The van der Waals surface area contributed by atoms with Crippen molar-refractivity contribution in [2.75, 3.05) is 18.1 Å². The van der Waals surface area contributed by atoms with Gasteiger partial charge in [0.25, 0.3) is 0 Å². The SMILES string of the molecule is CCNC(c1cc2cc(C)ccc2o1)C1CCSC1. The van der Waals surface area contributed by atoms with Crippen molar-refractivity contribution < 1.29 is 4.42 Å². The van der Waals surface area contributed by atoms with Gasteiger partial charge >= 0.3 is 0 Å². The fraction of sp³-hybridized carbons (Fsp3) is 0.500. The Morgan fingerprint density at radius 3 is 3.05 bits per heavy atom. The second-order valence-electron chi connectivity index (χ2n) is 5.35. The van der Waals surface area contributed by atoms with Gasteiger partial charge in [-0.05, 0) is 55.5 Å². The third kappa shape index (κ3) is 2.67. The maximum absolute atomic E-state index is 6.08. The first kappa shape index (κ1) is 13.1. The second-order valence-corrected chi connectivity index (χ2v) is 6.50. The molecule has 1 saturated heterocycles. The zero-order valence-electron chi connectivity index (χ0n) is 11.6. The van der Waals surface area contributed by atoms with Gasteiger partial charge in [0.15, 0.2) is 0 Å². The summed E-state index contributed by atoms with van der Waals surface area (Å²) in [6.07, 6.45) is 1.29. The van der Waals surface area contributed by atoms with Crippen LogP contribution in [0.5, 0.6) is 0 Å². The molecule has 19 heavy (non-hydrogen) atoms. The van der Waals surface area contributed by atoms with Crippen LogP contribution in [-0.2, 0) is 0 Å². The molecule has 2 aromatic rings. The molecule has 0 spiro atoms. The lowest BCUT2D eigenvalue weighted by molar-refractivity contribution is 0.343. The van der Waals surface area contributed by atoms with Crippen LogP contribution in [0.3, 0.4) is 0 Å². The Morgan fingerprint density at radius 1 is 1.42 bits per heavy atom. The number of hydrogen-bond donors (Lipinski definition) is 1. The number of fused-ring (bicyclic) bond motifs is 1. The molecule has 102 valence electrons. The van der Waals surface area contributed by atoms with Gasteiger partial charge in [0.2, 0.25) is 0 Å². The lowest BCUT2D eigenvalue weighted by Crippen LogP contribution is -2.27. The third-order valence-electron chi connectivity index (χ3n) is 3.86. The highest BCUT2D eigenvalue weighted by Crippen LogP contribution is 2.36. The van der Waals surface area contributed by atoms with E-state index < -0.39 is 0 Å². The quantitative estimate of drug-likeness (QED) is 0.907. The average Bonchev–Trinajstić information content (AvgIpc) is 3.04. The minimum absolute atomic E-state index is 0.368. The monoisotopic (exact) mass is 275 g/mol. The predicted molar refractivity (Wildman–Crippen MR) is 82.8 cm³/mol. The summed E-state index contributed by atoms with van der Waals surface area (Å²) in [5, 5.41) is 4.83. The third-order valence-corrected chi connectivity index (χ3v) is 5.05. The van der Waals surface area contributed by atoms with E-state index in [2.05, 4.69) is 55.2 Å². The molecule has 1 aromatic carbocycles. The standard InChI is InChI=1S/C16H21NOS/c1-3-17-16(12-6-7-19-10-12)15-9-13-8-11(2)4-5-14(13)18-15/h4-5,8-9,12,16-17H,3,6-7,10H2,1-2H3. The second kappa shape index (κ2) is 5.59. The average molecular weight is 275 g/mol. The number of benzene rings is 1. The zero-order chi connectivity index (χ0) is 13.2. The summed E-state index contributed by atoms with van der Waals surface area (Å²) in [7, 11) is 0.